The predicted octanol–water partition coefficient (Wildman–Crippen LogP) is 15.7. The fraction of sp³-hybridized carbons (Fsp3) is 0.582. The van der Waals surface area contributed by atoms with E-state index in [9.17, 15) is 14.4 Å². The van der Waals surface area contributed by atoms with Crippen molar-refractivity contribution >= 4 is 17.9 Å². The molecule has 0 N–H and O–H groups in total. The van der Waals surface area contributed by atoms with Crippen LogP contribution in [-0.4, -0.2) is 37.2 Å². The number of ether oxygens (including phenoxy) is 3. The molecule has 0 fully saturated rings. The standard InChI is InChI=1S/C55H86O6/c1-4-7-10-13-16-19-22-24-26-27-29-30-33-36-39-42-45-48-54(57)60-51-52(50-59-53(56)47-44-41-38-35-32-21-18-15-12-9-6-3)61-55(58)49-46-43-40-37-34-31-28-25-23-20-17-14-11-8-5-2/h7,9-10,12-13,16,18-24,26-27,29-30,33,35,38,52H,4-6,8,11,14-15,17,25,28,31-32,34,36-37,39-51H2,1-3H3/b10-7-,12-9-,16-13-,21-18-,22-19-,23-20-,26-24-,29-27+,33-30-,38-35-. The lowest BCUT2D eigenvalue weighted by Gasteiger charge is -2.18. The van der Waals surface area contributed by atoms with E-state index in [1.807, 2.05) is 60.8 Å². The van der Waals surface area contributed by atoms with Crippen LogP contribution in [0, 0.1) is 0 Å². The molecule has 0 saturated carbocycles. The fourth-order valence-corrected chi connectivity index (χ4v) is 6.02. The molecule has 0 radical (unpaired) electrons. The number of carbonyl (C=O) groups excluding carboxylic acids is 3. The summed E-state index contributed by atoms with van der Waals surface area (Å²) in [5, 5.41) is 0. The SMILES string of the molecule is CC\C=C/C=C\C=C/C=C\C=C\C=C/CCCCCC(=O)OCC(COC(=O)CCC/C=C\C/C=C\C/C=C\CC)OC(=O)CCCCCCCCC/C=C\CCCCCC. The zero-order valence-corrected chi connectivity index (χ0v) is 38.9. The van der Waals surface area contributed by atoms with Crippen LogP contribution in [0.3, 0.4) is 0 Å². The van der Waals surface area contributed by atoms with Crippen LogP contribution in [0.5, 0.6) is 0 Å². The normalized spacial score (nSPS) is 13.2. The van der Waals surface area contributed by atoms with Crippen LogP contribution >= 0.6 is 0 Å². The molecule has 0 bridgehead atoms. The Morgan fingerprint density at radius 3 is 1.30 bits per heavy atom. The maximum Gasteiger partial charge on any atom is 0.306 e. The van der Waals surface area contributed by atoms with E-state index in [0.717, 1.165) is 77.0 Å². The van der Waals surface area contributed by atoms with Crippen LogP contribution in [-0.2, 0) is 28.6 Å². The van der Waals surface area contributed by atoms with Crippen LogP contribution in [0.15, 0.2) is 122 Å². The number of unbranched alkanes of at least 4 members (excludes halogenated alkanes) is 15. The van der Waals surface area contributed by atoms with Crippen LogP contribution in [0.25, 0.3) is 0 Å². The van der Waals surface area contributed by atoms with Gasteiger partial charge in [0.25, 0.3) is 0 Å². The highest BCUT2D eigenvalue weighted by Crippen LogP contribution is 2.13. The summed E-state index contributed by atoms with van der Waals surface area (Å²) in [5.41, 5.74) is 0. The fourth-order valence-electron chi connectivity index (χ4n) is 6.02. The van der Waals surface area contributed by atoms with Gasteiger partial charge in [-0.15, -0.1) is 0 Å². The smallest absolute Gasteiger partial charge is 0.306 e. The van der Waals surface area contributed by atoms with E-state index in [1.54, 1.807) is 0 Å². The topological polar surface area (TPSA) is 78.9 Å². The van der Waals surface area contributed by atoms with Gasteiger partial charge in [0.1, 0.15) is 13.2 Å². The summed E-state index contributed by atoms with van der Waals surface area (Å²) in [6.07, 6.45) is 66.1. The molecule has 6 nitrogen and oxygen atoms in total. The van der Waals surface area contributed by atoms with Crippen LogP contribution in [0.1, 0.15) is 188 Å². The van der Waals surface area contributed by atoms with Crippen molar-refractivity contribution in [2.24, 2.45) is 0 Å². The van der Waals surface area contributed by atoms with E-state index in [-0.39, 0.29) is 37.5 Å². The largest absolute Gasteiger partial charge is 0.462 e. The molecule has 0 aromatic rings. The summed E-state index contributed by atoms with van der Waals surface area (Å²) < 4.78 is 16.7. The van der Waals surface area contributed by atoms with Crippen molar-refractivity contribution in [3.05, 3.63) is 122 Å². The van der Waals surface area contributed by atoms with Gasteiger partial charge in [-0.25, -0.2) is 0 Å². The van der Waals surface area contributed by atoms with Gasteiger partial charge in [-0.2, -0.15) is 0 Å². The first-order valence-corrected chi connectivity index (χ1v) is 24.1. The Morgan fingerprint density at radius 2 is 0.738 bits per heavy atom. The van der Waals surface area contributed by atoms with Gasteiger partial charge in [-0.1, -0.05) is 200 Å². The minimum Gasteiger partial charge on any atom is -0.462 e. The third-order valence-corrected chi connectivity index (χ3v) is 9.59. The lowest BCUT2D eigenvalue weighted by molar-refractivity contribution is -0.167. The Bertz CT molecular complexity index is 1340. The average Bonchev–Trinajstić information content (AvgIpc) is 3.26. The zero-order valence-electron chi connectivity index (χ0n) is 38.9. The first-order valence-electron chi connectivity index (χ1n) is 24.1. The van der Waals surface area contributed by atoms with Crippen LogP contribution in [0.4, 0.5) is 0 Å². The molecule has 0 aliphatic rings. The molecule has 1 unspecified atom stereocenters. The molecule has 0 rings (SSSR count). The van der Waals surface area contributed by atoms with E-state index >= 15 is 0 Å². The molecule has 0 amide bonds. The predicted molar refractivity (Wildman–Crippen MR) is 260 cm³/mol. The molecular formula is C55H86O6. The number of rotatable bonds is 41. The van der Waals surface area contributed by atoms with Crippen LogP contribution in [0.2, 0.25) is 0 Å². The Hall–Kier alpha value is -4.19. The molecule has 0 aromatic heterocycles. The summed E-state index contributed by atoms with van der Waals surface area (Å²) in [7, 11) is 0. The van der Waals surface area contributed by atoms with Gasteiger partial charge in [0.2, 0.25) is 0 Å². The maximum atomic E-state index is 12.8. The van der Waals surface area contributed by atoms with Crippen molar-refractivity contribution in [3.63, 3.8) is 0 Å². The number of hydrogen-bond acceptors (Lipinski definition) is 6. The van der Waals surface area contributed by atoms with E-state index in [1.165, 1.54) is 64.2 Å². The highest BCUT2D eigenvalue weighted by Gasteiger charge is 2.19. The van der Waals surface area contributed by atoms with Gasteiger partial charge in [0.05, 0.1) is 0 Å². The Balaban J connectivity index is 4.55. The van der Waals surface area contributed by atoms with Crippen molar-refractivity contribution in [2.75, 3.05) is 13.2 Å². The molecule has 0 aliphatic heterocycles. The summed E-state index contributed by atoms with van der Waals surface area (Å²) in [6, 6.07) is 0. The highest BCUT2D eigenvalue weighted by molar-refractivity contribution is 5.71. The minimum absolute atomic E-state index is 0.122. The van der Waals surface area contributed by atoms with Crippen molar-refractivity contribution < 1.29 is 28.6 Å². The monoisotopic (exact) mass is 843 g/mol. The lowest BCUT2D eigenvalue weighted by Crippen LogP contribution is -2.30. The van der Waals surface area contributed by atoms with E-state index < -0.39 is 6.10 Å². The van der Waals surface area contributed by atoms with E-state index in [0.29, 0.717) is 19.3 Å². The summed E-state index contributed by atoms with van der Waals surface area (Å²) in [6.45, 7) is 6.24. The van der Waals surface area contributed by atoms with E-state index in [4.69, 9.17) is 14.2 Å². The van der Waals surface area contributed by atoms with Gasteiger partial charge < -0.3 is 14.2 Å². The Kier molecular flexibility index (Phi) is 45.1. The molecule has 6 heteroatoms. The van der Waals surface area contributed by atoms with Crippen molar-refractivity contribution in [2.45, 2.75) is 194 Å². The quantitative estimate of drug-likeness (QED) is 0.0201. The first kappa shape index (κ1) is 56.8. The van der Waals surface area contributed by atoms with Gasteiger partial charge in [0.15, 0.2) is 6.10 Å². The number of allylic oxidation sites excluding steroid dienone is 20. The second kappa shape index (κ2) is 48.5. The lowest BCUT2D eigenvalue weighted by atomic mass is 10.1. The number of hydrogen-bond donors (Lipinski definition) is 0. The van der Waals surface area contributed by atoms with Gasteiger partial charge in [-0.3, -0.25) is 14.4 Å². The van der Waals surface area contributed by atoms with Gasteiger partial charge in [0, 0.05) is 19.3 Å². The summed E-state index contributed by atoms with van der Waals surface area (Å²) in [4.78, 5) is 37.8. The summed E-state index contributed by atoms with van der Waals surface area (Å²) >= 11 is 0. The zero-order chi connectivity index (χ0) is 44.4. The first-order chi connectivity index (χ1) is 30.0. The number of carbonyl (C=O) groups is 3. The molecule has 0 heterocycles. The second-order valence-electron chi connectivity index (χ2n) is 15.4. The Labute approximate surface area is 373 Å². The highest BCUT2D eigenvalue weighted by atomic mass is 16.6. The Morgan fingerprint density at radius 1 is 0.361 bits per heavy atom. The van der Waals surface area contributed by atoms with Gasteiger partial charge in [-0.05, 0) is 89.9 Å². The molecule has 0 saturated heterocycles. The third-order valence-electron chi connectivity index (χ3n) is 9.59. The van der Waals surface area contributed by atoms with E-state index in [2.05, 4.69) is 81.5 Å². The number of esters is 3. The average molecular weight is 843 g/mol. The van der Waals surface area contributed by atoms with Gasteiger partial charge >= 0.3 is 17.9 Å². The molecule has 342 valence electrons. The van der Waals surface area contributed by atoms with Crippen molar-refractivity contribution in [1.29, 1.82) is 0 Å². The molecule has 61 heavy (non-hydrogen) atoms. The summed E-state index contributed by atoms with van der Waals surface area (Å²) in [5.74, 6) is -1.03. The minimum atomic E-state index is -0.821. The molecule has 0 aromatic carbocycles. The second-order valence-corrected chi connectivity index (χ2v) is 15.4. The molecule has 0 aliphatic carbocycles. The van der Waals surface area contributed by atoms with Crippen LogP contribution < -0.4 is 0 Å². The third kappa shape index (κ3) is 46.7. The molecular weight excluding hydrogens is 757 g/mol. The van der Waals surface area contributed by atoms with Crippen molar-refractivity contribution in [3.8, 4) is 0 Å². The maximum absolute atomic E-state index is 12.8. The van der Waals surface area contributed by atoms with Crippen molar-refractivity contribution in [1.82, 2.24) is 0 Å². The molecule has 0 spiro atoms. The molecule has 1 atom stereocenters.